The van der Waals surface area contributed by atoms with Gasteiger partial charge in [-0.25, -0.2) is 4.79 Å². The van der Waals surface area contributed by atoms with Gasteiger partial charge in [-0.2, -0.15) is 0 Å². The van der Waals surface area contributed by atoms with Crippen LogP contribution in [0.3, 0.4) is 0 Å². The normalized spacial score (nSPS) is 13.2. The van der Waals surface area contributed by atoms with E-state index in [0.29, 0.717) is 13.2 Å². The molecule has 0 atom stereocenters. The molecule has 0 saturated carbocycles. The fourth-order valence-electron chi connectivity index (χ4n) is 2.47. The summed E-state index contributed by atoms with van der Waals surface area (Å²) >= 11 is 0. The summed E-state index contributed by atoms with van der Waals surface area (Å²) in [7, 11) is 1.65. The zero-order valence-electron chi connectivity index (χ0n) is 12.3. The number of carbonyl (C=O) groups excluding carboxylic acids is 1. The summed E-state index contributed by atoms with van der Waals surface area (Å²) in [5.74, 6) is 0.802. The molecule has 108 valence electrons. The zero-order valence-corrected chi connectivity index (χ0v) is 12.3. The van der Waals surface area contributed by atoms with Gasteiger partial charge in [-0.15, -0.1) is 0 Å². The monoisotopic (exact) mass is 275 g/mol. The lowest BCUT2D eigenvalue weighted by Gasteiger charge is -2.27. The minimum atomic E-state index is -0.295. The molecule has 1 aromatic rings. The van der Waals surface area contributed by atoms with E-state index in [9.17, 15) is 4.79 Å². The van der Waals surface area contributed by atoms with Crippen molar-refractivity contribution in [2.75, 3.05) is 20.3 Å². The summed E-state index contributed by atoms with van der Waals surface area (Å²) in [6, 6.07) is 6.02. The first kappa shape index (κ1) is 14.4. The number of rotatable bonds is 4. The number of benzene rings is 1. The third-order valence-electron chi connectivity index (χ3n) is 3.44. The summed E-state index contributed by atoms with van der Waals surface area (Å²) in [5, 5.41) is 0. The van der Waals surface area contributed by atoms with Crippen LogP contribution in [-0.4, -0.2) is 31.3 Å². The van der Waals surface area contributed by atoms with E-state index < -0.39 is 0 Å². The highest BCUT2D eigenvalue weighted by atomic mass is 16.6. The van der Waals surface area contributed by atoms with Gasteiger partial charge in [0.15, 0.2) is 0 Å². The third-order valence-corrected chi connectivity index (χ3v) is 3.44. The summed E-state index contributed by atoms with van der Waals surface area (Å²) < 4.78 is 10.4. The van der Waals surface area contributed by atoms with Crippen molar-refractivity contribution < 1.29 is 14.3 Å². The van der Waals surface area contributed by atoms with E-state index in [1.807, 2.05) is 26.0 Å². The van der Waals surface area contributed by atoms with Crippen molar-refractivity contribution in [3.8, 4) is 5.75 Å². The first-order valence-electron chi connectivity index (χ1n) is 7.03. The molecule has 0 radical (unpaired) electrons. The highest BCUT2D eigenvalue weighted by Gasteiger charge is 2.23. The predicted molar refractivity (Wildman–Crippen MR) is 78.7 cm³/mol. The van der Waals surface area contributed by atoms with E-state index in [4.69, 9.17) is 9.47 Å². The van der Waals surface area contributed by atoms with E-state index in [-0.39, 0.29) is 6.09 Å². The first-order chi connectivity index (χ1) is 9.71. The molecule has 1 amide bonds. The molecule has 20 heavy (non-hydrogen) atoms. The second-order valence-electron chi connectivity index (χ2n) is 4.59. The molecule has 0 unspecified atom stereocenters. The van der Waals surface area contributed by atoms with Crippen LogP contribution in [0.2, 0.25) is 0 Å². The summed E-state index contributed by atoms with van der Waals surface area (Å²) in [4.78, 5) is 13.8. The number of amides is 1. The number of hydrogen-bond donors (Lipinski definition) is 0. The van der Waals surface area contributed by atoms with Gasteiger partial charge in [-0.3, -0.25) is 4.90 Å². The minimum Gasteiger partial charge on any atom is -0.497 e. The number of allylic oxidation sites excluding steroid dienone is 1. The van der Waals surface area contributed by atoms with E-state index >= 15 is 0 Å². The molecule has 0 spiro atoms. The number of nitrogens with zero attached hydrogens (tertiary/aromatic N) is 1. The first-order valence-corrected chi connectivity index (χ1v) is 7.03. The summed E-state index contributed by atoms with van der Waals surface area (Å²) in [6.45, 7) is 4.74. The lowest BCUT2D eigenvalue weighted by Crippen LogP contribution is -2.31. The molecule has 4 nitrogen and oxygen atoms in total. The number of hydrogen-bond acceptors (Lipinski definition) is 3. The Hall–Kier alpha value is -1.97. The zero-order chi connectivity index (χ0) is 14.5. The molecule has 0 N–H and O–H groups in total. The molecule has 4 heteroatoms. The molecular formula is C16H21NO3. The maximum atomic E-state index is 12.1. The van der Waals surface area contributed by atoms with Crippen molar-refractivity contribution in [2.24, 2.45) is 0 Å². The van der Waals surface area contributed by atoms with Gasteiger partial charge in [0.2, 0.25) is 0 Å². The summed E-state index contributed by atoms with van der Waals surface area (Å²) in [5.41, 5.74) is 3.22. The molecule has 1 aromatic carbocycles. The van der Waals surface area contributed by atoms with Gasteiger partial charge in [0, 0.05) is 12.1 Å². The Labute approximate surface area is 120 Å². The standard InChI is InChI=1S/C16H21NO3/c1-4-17(16(18)20-5-2)15-8-6-7-12-9-10-13(19-3)11-14(12)15/h8-11H,4-7H2,1-3H3. The maximum absolute atomic E-state index is 12.1. The van der Waals surface area contributed by atoms with Crippen LogP contribution >= 0.6 is 0 Å². The maximum Gasteiger partial charge on any atom is 0.414 e. The van der Waals surface area contributed by atoms with Crippen molar-refractivity contribution in [3.05, 3.63) is 35.4 Å². The van der Waals surface area contributed by atoms with E-state index in [1.54, 1.807) is 12.0 Å². The lowest BCUT2D eigenvalue weighted by atomic mass is 9.93. The minimum absolute atomic E-state index is 0.295. The van der Waals surface area contributed by atoms with Crippen molar-refractivity contribution in [1.82, 2.24) is 4.90 Å². The molecule has 1 aliphatic rings. The molecular weight excluding hydrogens is 254 g/mol. The fraction of sp³-hybridized carbons (Fsp3) is 0.438. The largest absolute Gasteiger partial charge is 0.497 e. The molecule has 0 bridgehead atoms. The van der Waals surface area contributed by atoms with Crippen molar-refractivity contribution in [3.63, 3.8) is 0 Å². The van der Waals surface area contributed by atoms with Gasteiger partial charge in [-0.1, -0.05) is 12.1 Å². The lowest BCUT2D eigenvalue weighted by molar-refractivity contribution is 0.126. The number of ether oxygens (including phenoxy) is 2. The smallest absolute Gasteiger partial charge is 0.414 e. The van der Waals surface area contributed by atoms with Gasteiger partial charge in [0.25, 0.3) is 0 Å². The number of carbonyl (C=O) groups is 1. The highest BCUT2D eigenvalue weighted by molar-refractivity contribution is 5.84. The number of methoxy groups -OCH3 is 1. The van der Waals surface area contributed by atoms with Gasteiger partial charge in [0.05, 0.1) is 19.4 Å². The molecule has 0 fully saturated rings. The Kier molecular flexibility index (Phi) is 4.66. The van der Waals surface area contributed by atoms with Crippen LogP contribution in [0.4, 0.5) is 4.79 Å². The topological polar surface area (TPSA) is 38.8 Å². The molecule has 2 rings (SSSR count). The molecule has 1 aliphatic carbocycles. The average Bonchev–Trinajstić information content (AvgIpc) is 2.48. The van der Waals surface area contributed by atoms with E-state index in [2.05, 4.69) is 12.1 Å². The quantitative estimate of drug-likeness (QED) is 0.844. The van der Waals surface area contributed by atoms with Crippen molar-refractivity contribution >= 4 is 11.8 Å². The Morgan fingerprint density at radius 1 is 1.35 bits per heavy atom. The van der Waals surface area contributed by atoms with E-state index in [0.717, 1.165) is 29.9 Å². The van der Waals surface area contributed by atoms with Gasteiger partial charge >= 0.3 is 6.09 Å². The fourth-order valence-corrected chi connectivity index (χ4v) is 2.47. The molecule has 0 aliphatic heterocycles. The van der Waals surface area contributed by atoms with Crippen LogP contribution in [-0.2, 0) is 11.2 Å². The SMILES string of the molecule is CCOC(=O)N(CC)C1=CCCc2ccc(OC)cc21. The van der Waals surface area contributed by atoms with Crippen LogP contribution in [0.5, 0.6) is 5.75 Å². The molecule has 0 aromatic heterocycles. The highest BCUT2D eigenvalue weighted by Crippen LogP contribution is 2.32. The Morgan fingerprint density at radius 3 is 2.80 bits per heavy atom. The van der Waals surface area contributed by atoms with Gasteiger partial charge in [0.1, 0.15) is 5.75 Å². The number of aryl methyl sites for hydroxylation is 1. The molecule has 0 heterocycles. The molecule has 0 saturated heterocycles. The van der Waals surface area contributed by atoms with Crippen LogP contribution in [0, 0.1) is 0 Å². The van der Waals surface area contributed by atoms with Crippen molar-refractivity contribution in [1.29, 1.82) is 0 Å². The second kappa shape index (κ2) is 6.46. The van der Waals surface area contributed by atoms with Crippen LogP contribution < -0.4 is 4.74 Å². The van der Waals surface area contributed by atoms with Crippen LogP contribution in [0.25, 0.3) is 5.70 Å². The van der Waals surface area contributed by atoms with Crippen LogP contribution in [0.1, 0.15) is 31.4 Å². The van der Waals surface area contributed by atoms with Gasteiger partial charge in [-0.05, 0) is 44.4 Å². The van der Waals surface area contributed by atoms with Crippen molar-refractivity contribution in [2.45, 2.75) is 26.7 Å². The van der Waals surface area contributed by atoms with Gasteiger partial charge < -0.3 is 9.47 Å². The summed E-state index contributed by atoms with van der Waals surface area (Å²) in [6.07, 6.45) is 3.73. The third kappa shape index (κ3) is 2.79. The van der Waals surface area contributed by atoms with Crippen LogP contribution in [0.15, 0.2) is 24.3 Å². The number of fused-ring (bicyclic) bond motifs is 1. The Balaban J connectivity index is 2.37. The second-order valence-corrected chi connectivity index (χ2v) is 4.59. The predicted octanol–water partition coefficient (Wildman–Crippen LogP) is 3.46. The Morgan fingerprint density at radius 2 is 2.15 bits per heavy atom. The average molecular weight is 275 g/mol. The Bertz CT molecular complexity index is 522. The van der Waals surface area contributed by atoms with E-state index in [1.165, 1.54) is 5.56 Å².